The number of esters is 1. The van der Waals surface area contributed by atoms with Gasteiger partial charge in [0.25, 0.3) is 5.56 Å². The number of ether oxygens (including phenoxy) is 1. The van der Waals surface area contributed by atoms with Gasteiger partial charge in [-0.1, -0.05) is 6.92 Å². The second kappa shape index (κ2) is 7.09. The Kier molecular flexibility index (Phi) is 5.16. The standard InChI is InChI=1S/C17H21N3O3/c1-5-11(2)19-15-7-6-12(9-18-15)14-8-13(17(22)23-4)10-20(3)16(14)21/h6-11H,5H2,1-4H3,(H,18,19). The fourth-order valence-electron chi connectivity index (χ4n) is 2.14. The van der Waals surface area contributed by atoms with Crippen LogP contribution >= 0.6 is 0 Å². The molecule has 0 spiro atoms. The highest BCUT2D eigenvalue weighted by atomic mass is 16.5. The van der Waals surface area contributed by atoms with E-state index in [-0.39, 0.29) is 5.56 Å². The summed E-state index contributed by atoms with van der Waals surface area (Å²) in [4.78, 5) is 28.3. The number of methoxy groups -OCH3 is 1. The summed E-state index contributed by atoms with van der Waals surface area (Å²) in [5.41, 5.74) is 1.21. The lowest BCUT2D eigenvalue weighted by atomic mass is 10.1. The molecule has 0 aromatic carbocycles. The van der Waals surface area contributed by atoms with E-state index < -0.39 is 5.97 Å². The lowest BCUT2D eigenvalue weighted by Crippen LogP contribution is -2.20. The fraction of sp³-hybridized carbons (Fsp3) is 0.353. The number of pyridine rings is 2. The lowest BCUT2D eigenvalue weighted by molar-refractivity contribution is 0.0600. The molecule has 2 heterocycles. The predicted octanol–water partition coefficient (Wildman–Crippen LogP) is 2.44. The van der Waals surface area contributed by atoms with Gasteiger partial charge in [0.05, 0.1) is 12.7 Å². The molecule has 0 aliphatic carbocycles. The maximum Gasteiger partial charge on any atom is 0.339 e. The molecule has 2 aromatic heterocycles. The second-order valence-corrected chi connectivity index (χ2v) is 5.44. The number of nitrogens with one attached hydrogen (secondary N) is 1. The van der Waals surface area contributed by atoms with Crippen LogP contribution in [0.1, 0.15) is 30.6 Å². The van der Waals surface area contributed by atoms with Crippen molar-refractivity contribution < 1.29 is 9.53 Å². The molecule has 23 heavy (non-hydrogen) atoms. The molecule has 2 rings (SSSR count). The average Bonchev–Trinajstić information content (AvgIpc) is 2.57. The van der Waals surface area contributed by atoms with Gasteiger partial charge in [0.1, 0.15) is 5.82 Å². The lowest BCUT2D eigenvalue weighted by Gasteiger charge is -2.12. The normalized spacial score (nSPS) is 11.8. The van der Waals surface area contributed by atoms with Crippen LogP contribution in [-0.4, -0.2) is 28.7 Å². The van der Waals surface area contributed by atoms with E-state index in [1.807, 2.05) is 12.1 Å². The highest BCUT2D eigenvalue weighted by molar-refractivity contribution is 5.90. The molecular formula is C17H21N3O3. The van der Waals surface area contributed by atoms with Crippen LogP contribution in [0.25, 0.3) is 11.1 Å². The number of hydrogen-bond donors (Lipinski definition) is 1. The van der Waals surface area contributed by atoms with Crippen molar-refractivity contribution in [1.29, 1.82) is 0 Å². The zero-order valence-corrected chi connectivity index (χ0v) is 13.8. The first-order valence-corrected chi connectivity index (χ1v) is 7.48. The van der Waals surface area contributed by atoms with Gasteiger partial charge in [-0.05, 0) is 31.5 Å². The Hall–Kier alpha value is -2.63. The molecule has 6 heteroatoms. The number of aryl methyl sites for hydroxylation is 1. The summed E-state index contributed by atoms with van der Waals surface area (Å²) < 4.78 is 6.09. The highest BCUT2D eigenvalue weighted by Crippen LogP contribution is 2.18. The number of aromatic nitrogens is 2. The van der Waals surface area contributed by atoms with Crippen molar-refractivity contribution in [3.8, 4) is 11.1 Å². The van der Waals surface area contributed by atoms with Gasteiger partial charge in [-0.15, -0.1) is 0 Å². The molecule has 122 valence electrons. The van der Waals surface area contributed by atoms with E-state index in [4.69, 9.17) is 4.74 Å². The maximum atomic E-state index is 12.3. The van der Waals surface area contributed by atoms with Crippen LogP contribution in [0.2, 0.25) is 0 Å². The zero-order valence-electron chi connectivity index (χ0n) is 13.8. The summed E-state index contributed by atoms with van der Waals surface area (Å²) in [6, 6.07) is 5.50. The first kappa shape index (κ1) is 16.7. The van der Waals surface area contributed by atoms with Crippen molar-refractivity contribution in [3.05, 3.63) is 46.5 Å². The first-order chi connectivity index (χ1) is 11.0. The minimum absolute atomic E-state index is 0.193. The molecule has 0 bridgehead atoms. The van der Waals surface area contributed by atoms with Crippen molar-refractivity contribution in [2.75, 3.05) is 12.4 Å². The van der Waals surface area contributed by atoms with Crippen LogP contribution in [0.15, 0.2) is 35.4 Å². The summed E-state index contributed by atoms with van der Waals surface area (Å²) in [6.07, 6.45) is 4.08. The van der Waals surface area contributed by atoms with Gasteiger partial charge in [0.15, 0.2) is 0 Å². The smallest absolute Gasteiger partial charge is 0.339 e. The van der Waals surface area contributed by atoms with E-state index in [1.165, 1.54) is 23.9 Å². The van der Waals surface area contributed by atoms with Gasteiger partial charge in [0.2, 0.25) is 0 Å². The Morgan fingerprint density at radius 3 is 2.74 bits per heavy atom. The van der Waals surface area contributed by atoms with Crippen LogP contribution in [0.3, 0.4) is 0 Å². The average molecular weight is 315 g/mol. The largest absolute Gasteiger partial charge is 0.465 e. The molecule has 6 nitrogen and oxygen atoms in total. The van der Waals surface area contributed by atoms with Crippen LogP contribution in [0.5, 0.6) is 0 Å². The maximum absolute atomic E-state index is 12.3. The third kappa shape index (κ3) is 3.77. The molecule has 0 amide bonds. The molecule has 0 radical (unpaired) electrons. The van der Waals surface area contributed by atoms with Gasteiger partial charge < -0.3 is 14.6 Å². The molecule has 1 atom stereocenters. The monoisotopic (exact) mass is 315 g/mol. The predicted molar refractivity (Wildman–Crippen MR) is 89.6 cm³/mol. The first-order valence-electron chi connectivity index (χ1n) is 7.48. The number of rotatable bonds is 5. The molecule has 1 N–H and O–H groups in total. The van der Waals surface area contributed by atoms with Gasteiger partial charge in [-0.2, -0.15) is 0 Å². The van der Waals surface area contributed by atoms with Crippen LogP contribution in [0, 0.1) is 0 Å². The van der Waals surface area contributed by atoms with E-state index in [2.05, 4.69) is 24.1 Å². The molecule has 0 fully saturated rings. The van der Waals surface area contributed by atoms with Gasteiger partial charge >= 0.3 is 5.97 Å². The molecule has 1 unspecified atom stereocenters. The Balaban J connectivity index is 2.39. The minimum atomic E-state index is -0.482. The van der Waals surface area contributed by atoms with Crippen LogP contribution in [0.4, 0.5) is 5.82 Å². The van der Waals surface area contributed by atoms with E-state index in [0.717, 1.165) is 12.2 Å². The topological polar surface area (TPSA) is 73.2 Å². The molecule has 0 saturated heterocycles. The van der Waals surface area contributed by atoms with Crippen molar-refractivity contribution in [1.82, 2.24) is 9.55 Å². The number of nitrogens with zero attached hydrogens (tertiary/aromatic N) is 2. The SMILES string of the molecule is CCC(C)Nc1ccc(-c2cc(C(=O)OC)cn(C)c2=O)cn1. The molecule has 0 aliphatic heterocycles. The number of hydrogen-bond acceptors (Lipinski definition) is 5. The summed E-state index contributed by atoms with van der Waals surface area (Å²) >= 11 is 0. The zero-order chi connectivity index (χ0) is 17.0. The quantitative estimate of drug-likeness (QED) is 0.858. The van der Waals surface area contributed by atoms with Gasteiger partial charge in [-0.25, -0.2) is 9.78 Å². The number of carbonyl (C=O) groups excluding carboxylic acids is 1. The van der Waals surface area contributed by atoms with E-state index in [0.29, 0.717) is 22.7 Å². The van der Waals surface area contributed by atoms with E-state index in [9.17, 15) is 9.59 Å². The summed E-state index contributed by atoms with van der Waals surface area (Å²) in [5.74, 6) is 0.272. The Morgan fingerprint density at radius 1 is 1.43 bits per heavy atom. The van der Waals surface area contributed by atoms with Crippen molar-refractivity contribution >= 4 is 11.8 Å². The van der Waals surface area contributed by atoms with Gasteiger partial charge in [-0.3, -0.25) is 4.79 Å². The Bertz CT molecular complexity index is 751. The van der Waals surface area contributed by atoms with E-state index >= 15 is 0 Å². The highest BCUT2D eigenvalue weighted by Gasteiger charge is 2.13. The third-order valence-electron chi connectivity index (χ3n) is 3.69. The van der Waals surface area contributed by atoms with Gasteiger partial charge in [0, 0.05) is 36.6 Å². The Morgan fingerprint density at radius 2 is 2.17 bits per heavy atom. The summed E-state index contributed by atoms with van der Waals surface area (Å²) in [7, 11) is 2.91. The second-order valence-electron chi connectivity index (χ2n) is 5.44. The van der Waals surface area contributed by atoms with Crippen LogP contribution < -0.4 is 10.9 Å². The number of anilines is 1. The fourth-order valence-corrected chi connectivity index (χ4v) is 2.14. The Labute approximate surface area is 135 Å². The number of carbonyl (C=O) groups is 1. The van der Waals surface area contributed by atoms with Crippen molar-refractivity contribution in [2.45, 2.75) is 26.3 Å². The van der Waals surface area contributed by atoms with Crippen LogP contribution in [-0.2, 0) is 11.8 Å². The minimum Gasteiger partial charge on any atom is -0.465 e. The summed E-state index contributed by atoms with van der Waals surface area (Å²) in [6.45, 7) is 4.17. The van der Waals surface area contributed by atoms with E-state index in [1.54, 1.807) is 13.2 Å². The third-order valence-corrected chi connectivity index (χ3v) is 3.69. The molecular weight excluding hydrogens is 294 g/mol. The molecule has 0 saturated carbocycles. The van der Waals surface area contributed by atoms with Crippen molar-refractivity contribution in [3.63, 3.8) is 0 Å². The summed E-state index contributed by atoms with van der Waals surface area (Å²) in [5, 5.41) is 3.27. The van der Waals surface area contributed by atoms with Crippen molar-refractivity contribution in [2.24, 2.45) is 7.05 Å². The molecule has 2 aromatic rings. The molecule has 0 aliphatic rings.